The van der Waals surface area contributed by atoms with Crippen molar-refractivity contribution >= 4 is 17.6 Å². The molecule has 0 radical (unpaired) electrons. The van der Waals surface area contributed by atoms with Gasteiger partial charge in [0.05, 0.1) is 16.9 Å². The van der Waals surface area contributed by atoms with Crippen LogP contribution < -0.4 is 10.1 Å². The molecule has 1 N–H and O–H groups in total. The van der Waals surface area contributed by atoms with Crippen LogP contribution in [0.1, 0.15) is 53.9 Å². The average Bonchev–Trinajstić information content (AvgIpc) is 3.19. The molecule has 0 atom stereocenters. The van der Waals surface area contributed by atoms with Gasteiger partial charge in [-0.05, 0) is 67.3 Å². The van der Waals surface area contributed by atoms with E-state index in [4.69, 9.17) is 9.84 Å². The number of hydrogen-bond donors (Lipinski definition) is 1. The maximum atomic E-state index is 12.6. The highest BCUT2D eigenvalue weighted by atomic mass is 16.5. The highest BCUT2D eigenvalue weighted by molar-refractivity contribution is 6.04. The number of benzene rings is 3. The van der Waals surface area contributed by atoms with Crippen LogP contribution in [0.5, 0.6) is 5.88 Å². The summed E-state index contributed by atoms with van der Waals surface area (Å²) in [4.78, 5) is 24.7. The summed E-state index contributed by atoms with van der Waals surface area (Å²) in [7, 11) is 0. The lowest BCUT2D eigenvalue weighted by molar-refractivity contribution is -0.132. The van der Waals surface area contributed by atoms with Crippen LogP contribution in [0.15, 0.2) is 72.8 Å². The summed E-state index contributed by atoms with van der Waals surface area (Å²) in [6, 6.07) is 22.8. The van der Waals surface area contributed by atoms with Crippen molar-refractivity contribution in [3.63, 3.8) is 0 Å². The Bertz CT molecular complexity index is 1370. The molecule has 6 nitrogen and oxygen atoms in total. The number of carbonyl (C=O) groups excluding carboxylic acids is 2. The van der Waals surface area contributed by atoms with Crippen molar-refractivity contribution in [3.8, 4) is 22.7 Å². The number of aromatic nitrogens is 2. The number of nitrogens with one attached hydrogen (secondary N) is 1. The van der Waals surface area contributed by atoms with Gasteiger partial charge in [-0.3, -0.25) is 9.59 Å². The van der Waals surface area contributed by atoms with Crippen LogP contribution in [0.2, 0.25) is 0 Å². The first-order valence-electron chi connectivity index (χ1n) is 11.6. The van der Waals surface area contributed by atoms with Crippen molar-refractivity contribution in [1.29, 1.82) is 0 Å². The van der Waals surface area contributed by atoms with Gasteiger partial charge in [-0.1, -0.05) is 55.8 Å². The lowest BCUT2D eigenvalue weighted by atomic mass is 9.99. The minimum atomic E-state index is -0.419. The smallest absolute Gasteiger partial charge is 0.309 e. The van der Waals surface area contributed by atoms with Gasteiger partial charge in [0.2, 0.25) is 5.88 Å². The van der Waals surface area contributed by atoms with Gasteiger partial charge >= 0.3 is 5.97 Å². The van der Waals surface area contributed by atoms with E-state index < -0.39 is 5.97 Å². The van der Waals surface area contributed by atoms with Crippen molar-refractivity contribution in [2.75, 3.05) is 5.32 Å². The van der Waals surface area contributed by atoms with E-state index >= 15 is 0 Å². The molecule has 4 aromatic rings. The first kappa shape index (κ1) is 24.0. The van der Waals surface area contributed by atoms with Crippen molar-refractivity contribution in [2.45, 2.75) is 40.5 Å². The summed E-state index contributed by atoms with van der Waals surface area (Å²) >= 11 is 0. The molecule has 178 valence electrons. The van der Waals surface area contributed by atoms with Gasteiger partial charge in [0.15, 0.2) is 0 Å². The molecule has 0 unspecified atom stereocenters. The third-order valence-corrected chi connectivity index (χ3v) is 5.65. The lowest BCUT2D eigenvalue weighted by Gasteiger charge is -2.11. The molecule has 0 spiro atoms. The molecular weight excluding hydrogens is 438 g/mol. The molecule has 0 saturated heterocycles. The molecular formula is C29H29N3O3. The first-order chi connectivity index (χ1) is 16.7. The Kier molecular flexibility index (Phi) is 6.82. The summed E-state index contributed by atoms with van der Waals surface area (Å²) in [5.41, 5.74) is 6.68. The van der Waals surface area contributed by atoms with E-state index in [-0.39, 0.29) is 11.8 Å². The molecule has 4 rings (SSSR count). The van der Waals surface area contributed by atoms with E-state index in [0.717, 1.165) is 33.6 Å². The van der Waals surface area contributed by atoms with Gasteiger partial charge in [-0.15, -0.1) is 0 Å². The van der Waals surface area contributed by atoms with Gasteiger partial charge in [0, 0.05) is 18.2 Å². The van der Waals surface area contributed by atoms with Crippen molar-refractivity contribution in [3.05, 3.63) is 95.2 Å². The molecule has 0 aliphatic heterocycles. The topological polar surface area (TPSA) is 73.2 Å². The first-order valence-corrected chi connectivity index (χ1v) is 11.6. The Morgan fingerprint density at radius 3 is 2.20 bits per heavy atom. The zero-order valence-electron chi connectivity index (χ0n) is 20.6. The number of rotatable bonds is 6. The SMILES string of the molecule is CC(=O)Oc1c(-c2ccc(NC(=O)c3ccc(C)cc3)cc2)c(C(C)C)nn1-c1cccc(C)c1. The normalized spacial score (nSPS) is 10.9. The minimum absolute atomic E-state index is 0.0892. The Balaban J connectivity index is 1.73. The fourth-order valence-corrected chi connectivity index (χ4v) is 3.89. The summed E-state index contributed by atoms with van der Waals surface area (Å²) in [5, 5.41) is 7.77. The van der Waals surface area contributed by atoms with Gasteiger partial charge in [-0.2, -0.15) is 9.78 Å². The Labute approximate surface area is 205 Å². The molecule has 0 fully saturated rings. The predicted octanol–water partition coefficient (Wildman–Crippen LogP) is 6.46. The molecule has 3 aromatic carbocycles. The molecule has 0 aliphatic carbocycles. The maximum Gasteiger partial charge on any atom is 0.309 e. The predicted molar refractivity (Wildman–Crippen MR) is 138 cm³/mol. The summed E-state index contributed by atoms with van der Waals surface area (Å²) in [6.07, 6.45) is 0. The van der Waals surface area contributed by atoms with Crippen molar-refractivity contribution in [2.24, 2.45) is 0 Å². The number of esters is 1. The highest BCUT2D eigenvalue weighted by Gasteiger charge is 2.25. The highest BCUT2D eigenvalue weighted by Crippen LogP contribution is 2.39. The third-order valence-electron chi connectivity index (χ3n) is 5.65. The standard InChI is InChI=1S/C29H29N3O3/c1-18(2)27-26(29(35-21(5)33)32(31-27)25-8-6-7-20(4)17-25)22-13-15-24(16-14-22)30-28(34)23-11-9-19(3)10-12-23/h6-18H,1-5H3,(H,30,34). The average molecular weight is 468 g/mol. The van der Waals surface area contributed by atoms with Crippen LogP contribution in [0.4, 0.5) is 5.69 Å². The molecule has 1 heterocycles. The molecule has 1 amide bonds. The monoisotopic (exact) mass is 467 g/mol. The second kappa shape index (κ2) is 9.97. The Hall–Kier alpha value is -4.19. The van der Waals surface area contributed by atoms with Crippen LogP contribution in [0.3, 0.4) is 0 Å². The molecule has 1 aromatic heterocycles. The summed E-state index contributed by atoms with van der Waals surface area (Å²) in [6.45, 7) is 9.49. The van der Waals surface area contributed by atoms with Crippen molar-refractivity contribution in [1.82, 2.24) is 9.78 Å². The van der Waals surface area contributed by atoms with E-state index in [2.05, 4.69) is 19.2 Å². The second-order valence-electron chi connectivity index (χ2n) is 8.96. The fraction of sp³-hybridized carbons (Fsp3) is 0.207. The number of amides is 1. The molecule has 6 heteroatoms. The summed E-state index contributed by atoms with van der Waals surface area (Å²) < 4.78 is 7.40. The van der Waals surface area contributed by atoms with Gasteiger partial charge in [-0.25, -0.2) is 0 Å². The zero-order valence-corrected chi connectivity index (χ0v) is 20.6. The van der Waals surface area contributed by atoms with E-state index in [1.54, 1.807) is 16.8 Å². The Morgan fingerprint density at radius 2 is 1.60 bits per heavy atom. The van der Waals surface area contributed by atoms with Crippen LogP contribution in [0, 0.1) is 13.8 Å². The van der Waals surface area contributed by atoms with E-state index in [0.29, 0.717) is 17.1 Å². The van der Waals surface area contributed by atoms with E-state index in [9.17, 15) is 9.59 Å². The Morgan fingerprint density at radius 1 is 0.914 bits per heavy atom. The molecule has 0 aliphatic rings. The minimum Gasteiger partial charge on any atom is -0.407 e. The van der Waals surface area contributed by atoms with Crippen LogP contribution in [-0.4, -0.2) is 21.7 Å². The number of carbonyl (C=O) groups is 2. The van der Waals surface area contributed by atoms with E-state index in [1.165, 1.54) is 6.92 Å². The van der Waals surface area contributed by atoms with Gasteiger partial charge in [0.1, 0.15) is 0 Å². The van der Waals surface area contributed by atoms with Gasteiger partial charge < -0.3 is 10.1 Å². The van der Waals surface area contributed by atoms with Crippen LogP contribution >= 0.6 is 0 Å². The quantitative estimate of drug-likeness (QED) is 0.330. The van der Waals surface area contributed by atoms with Crippen molar-refractivity contribution < 1.29 is 14.3 Å². The third kappa shape index (κ3) is 5.32. The summed E-state index contributed by atoms with van der Waals surface area (Å²) in [5.74, 6) is -0.125. The fourth-order valence-electron chi connectivity index (χ4n) is 3.89. The zero-order chi connectivity index (χ0) is 25.1. The van der Waals surface area contributed by atoms with Crippen LogP contribution in [-0.2, 0) is 4.79 Å². The number of hydrogen-bond acceptors (Lipinski definition) is 4. The number of anilines is 1. The molecule has 35 heavy (non-hydrogen) atoms. The second-order valence-corrected chi connectivity index (χ2v) is 8.96. The number of ether oxygens (including phenoxy) is 1. The maximum absolute atomic E-state index is 12.6. The largest absolute Gasteiger partial charge is 0.407 e. The van der Waals surface area contributed by atoms with Crippen LogP contribution in [0.25, 0.3) is 16.8 Å². The number of aryl methyl sites for hydroxylation is 2. The number of nitrogens with zero attached hydrogens (tertiary/aromatic N) is 2. The van der Waals surface area contributed by atoms with Gasteiger partial charge in [0.25, 0.3) is 5.91 Å². The molecule has 0 saturated carbocycles. The van der Waals surface area contributed by atoms with E-state index in [1.807, 2.05) is 74.5 Å². The lowest BCUT2D eigenvalue weighted by Crippen LogP contribution is -2.11. The molecule has 0 bridgehead atoms.